The molecule has 1 atom stereocenters. The second-order valence-electron chi connectivity index (χ2n) is 3.34. The molecule has 0 saturated carbocycles. The van der Waals surface area contributed by atoms with Crippen LogP contribution >= 0.6 is 0 Å². The van der Waals surface area contributed by atoms with E-state index >= 15 is 0 Å². The molecule has 15 heavy (non-hydrogen) atoms. The van der Waals surface area contributed by atoms with Gasteiger partial charge >= 0.3 is 8.80 Å². The molecule has 0 radical (unpaired) electrons. The van der Waals surface area contributed by atoms with Crippen molar-refractivity contribution in [1.29, 1.82) is 0 Å². The Morgan fingerprint density at radius 1 is 1.20 bits per heavy atom. The summed E-state index contributed by atoms with van der Waals surface area (Å²) in [6, 6.07) is 0. The van der Waals surface area contributed by atoms with Crippen LogP contribution in [0.5, 0.6) is 0 Å². The van der Waals surface area contributed by atoms with Gasteiger partial charge in [0, 0.05) is 28.3 Å². The van der Waals surface area contributed by atoms with Crippen molar-refractivity contribution in [3.63, 3.8) is 0 Å². The summed E-state index contributed by atoms with van der Waals surface area (Å²) >= 11 is 0. The Morgan fingerprint density at radius 2 is 1.60 bits per heavy atom. The molecular weight excluding hydrogens is 218 g/mol. The van der Waals surface area contributed by atoms with Crippen molar-refractivity contribution in [3.8, 4) is 0 Å². The van der Waals surface area contributed by atoms with Crippen LogP contribution in [0.1, 0.15) is 20.3 Å². The van der Waals surface area contributed by atoms with Gasteiger partial charge in [-0.05, 0) is 6.42 Å². The minimum Gasteiger partial charge on any atom is -0.376 e. The quantitative estimate of drug-likeness (QED) is 0.408. The van der Waals surface area contributed by atoms with Crippen LogP contribution < -0.4 is 5.32 Å². The van der Waals surface area contributed by atoms with Crippen molar-refractivity contribution in [2.75, 3.05) is 21.3 Å². The highest BCUT2D eigenvalue weighted by atomic mass is 28.4. The first-order valence-corrected chi connectivity index (χ1v) is 6.53. The van der Waals surface area contributed by atoms with Gasteiger partial charge in [-0.15, -0.1) is 0 Å². The summed E-state index contributed by atoms with van der Waals surface area (Å²) in [5, 5.41) is 21.1. The van der Waals surface area contributed by atoms with Crippen LogP contribution in [0.25, 0.3) is 0 Å². The lowest BCUT2D eigenvalue weighted by atomic mass is 10.4. The average molecular weight is 239 g/mol. The Kier molecular flexibility index (Phi) is 5.89. The van der Waals surface area contributed by atoms with E-state index in [4.69, 9.17) is 13.3 Å². The second-order valence-corrected chi connectivity index (χ2v) is 6.47. The number of nitrogens with one attached hydrogen (secondary N) is 1. The van der Waals surface area contributed by atoms with Crippen LogP contribution in [0.4, 0.5) is 0 Å². The molecule has 6 nitrogen and oxygen atoms in total. The van der Waals surface area contributed by atoms with Crippen LogP contribution in [0.15, 0.2) is 0 Å². The molecule has 0 amide bonds. The maximum Gasteiger partial charge on any atom is 0.518 e. The number of rotatable bonds is 7. The van der Waals surface area contributed by atoms with E-state index in [0.717, 1.165) is 0 Å². The maximum atomic E-state index is 9.27. The van der Waals surface area contributed by atoms with E-state index in [1.807, 2.05) is 6.92 Å². The van der Waals surface area contributed by atoms with Gasteiger partial charge in [0.25, 0.3) is 0 Å². The summed E-state index contributed by atoms with van der Waals surface area (Å²) < 4.78 is 15.7. The number of hydrogen-bond acceptors (Lipinski definition) is 6. The van der Waals surface area contributed by atoms with Crippen LogP contribution in [0.2, 0.25) is 0 Å². The molecule has 7 heteroatoms. The average Bonchev–Trinajstić information content (AvgIpc) is 2.17. The summed E-state index contributed by atoms with van der Waals surface area (Å²) in [4.78, 5) is 0. The summed E-state index contributed by atoms with van der Waals surface area (Å²) in [6.07, 6.45) is 0.596. The van der Waals surface area contributed by atoms with Crippen molar-refractivity contribution < 1.29 is 23.5 Å². The van der Waals surface area contributed by atoms with Crippen LogP contribution in [0, 0.1) is 0 Å². The molecule has 1 unspecified atom stereocenters. The molecular formula is C8H21NO5Si. The standard InChI is InChI=1S/C8H21NO5Si/c1-6-7(9-8(2,10)11)15(12-3,13-4)14-5/h7,9-11H,6H2,1-5H3. The highest BCUT2D eigenvalue weighted by Crippen LogP contribution is 2.16. The zero-order chi connectivity index (χ0) is 12.1. The molecule has 0 saturated heterocycles. The second kappa shape index (κ2) is 5.90. The van der Waals surface area contributed by atoms with Gasteiger partial charge in [-0.1, -0.05) is 6.92 Å². The lowest BCUT2D eigenvalue weighted by Crippen LogP contribution is -2.64. The highest BCUT2D eigenvalue weighted by molar-refractivity contribution is 6.62. The summed E-state index contributed by atoms with van der Waals surface area (Å²) in [7, 11) is 1.56. The predicted molar refractivity (Wildman–Crippen MR) is 56.8 cm³/mol. The van der Waals surface area contributed by atoms with E-state index in [-0.39, 0.29) is 5.67 Å². The molecule has 0 rings (SSSR count). The Bertz CT molecular complexity index is 172. The summed E-state index contributed by atoms with van der Waals surface area (Å²) in [6.45, 7) is 3.11. The minimum atomic E-state index is -2.89. The van der Waals surface area contributed by atoms with E-state index in [9.17, 15) is 10.2 Å². The Labute approximate surface area is 91.5 Å². The van der Waals surface area contributed by atoms with Gasteiger partial charge in [-0.2, -0.15) is 0 Å². The predicted octanol–water partition coefficient (Wildman–Crippen LogP) is -0.570. The number of hydrogen-bond donors (Lipinski definition) is 3. The molecule has 0 aromatic heterocycles. The van der Waals surface area contributed by atoms with Gasteiger partial charge in [0.05, 0.1) is 5.67 Å². The fourth-order valence-electron chi connectivity index (χ4n) is 1.45. The first kappa shape index (κ1) is 15.0. The first-order valence-electron chi connectivity index (χ1n) is 4.73. The lowest BCUT2D eigenvalue weighted by Gasteiger charge is -2.35. The fourth-order valence-corrected chi connectivity index (χ4v) is 3.75. The third-order valence-corrected chi connectivity index (χ3v) is 5.25. The Balaban J connectivity index is 4.74. The Hall–Kier alpha value is -0.0231. The normalized spacial score (nSPS) is 15.4. The topological polar surface area (TPSA) is 80.2 Å². The molecule has 0 heterocycles. The third-order valence-electron chi connectivity index (χ3n) is 2.14. The van der Waals surface area contributed by atoms with E-state index in [1.54, 1.807) is 0 Å². The zero-order valence-electron chi connectivity index (χ0n) is 9.90. The van der Waals surface area contributed by atoms with Crippen LogP contribution in [-0.4, -0.2) is 51.9 Å². The molecule has 0 spiro atoms. The minimum absolute atomic E-state index is 0.377. The van der Waals surface area contributed by atoms with Crippen LogP contribution in [0.3, 0.4) is 0 Å². The molecule has 0 aliphatic rings. The fraction of sp³-hybridized carbons (Fsp3) is 1.00. The summed E-state index contributed by atoms with van der Waals surface area (Å²) in [5.74, 6) is -1.98. The molecule has 0 fully saturated rings. The molecule has 0 aliphatic heterocycles. The van der Waals surface area contributed by atoms with Crippen molar-refractivity contribution in [3.05, 3.63) is 0 Å². The molecule has 3 N–H and O–H groups in total. The van der Waals surface area contributed by atoms with E-state index in [2.05, 4.69) is 5.32 Å². The molecule has 0 aromatic carbocycles. The van der Waals surface area contributed by atoms with Gasteiger partial charge in [0.2, 0.25) is 5.91 Å². The molecule has 92 valence electrons. The molecule has 0 aliphatic carbocycles. The molecule has 0 bridgehead atoms. The Morgan fingerprint density at radius 3 is 1.80 bits per heavy atom. The zero-order valence-corrected chi connectivity index (χ0v) is 10.9. The van der Waals surface area contributed by atoms with Crippen molar-refractivity contribution in [1.82, 2.24) is 5.32 Å². The monoisotopic (exact) mass is 239 g/mol. The van der Waals surface area contributed by atoms with E-state index in [0.29, 0.717) is 6.42 Å². The van der Waals surface area contributed by atoms with Gasteiger partial charge in [0.1, 0.15) is 0 Å². The summed E-state index contributed by atoms with van der Waals surface area (Å²) in [5.41, 5.74) is -0.377. The van der Waals surface area contributed by atoms with Gasteiger partial charge in [0.15, 0.2) is 0 Å². The van der Waals surface area contributed by atoms with Crippen molar-refractivity contribution in [2.45, 2.75) is 31.8 Å². The van der Waals surface area contributed by atoms with Gasteiger partial charge < -0.3 is 23.5 Å². The SMILES string of the molecule is CCC(NC(C)(O)O)[Si](OC)(OC)OC. The smallest absolute Gasteiger partial charge is 0.376 e. The lowest BCUT2D eigenvalue weighted by molar-refractivity contribution is -0.175. The van der Waals surface area contributed by atoms with Gasteiger partial charge in [-0.25, -0.2) is 0 Å². The van der Waals surface area contributed by atoms with E-state index < -0.39 is 14.7 Å². The van der Waals surface area contributed by atoms with Crippen molar-refractivity contribution in [2.24, 2.45) is 0 Å². The van der Waals surface area contributed by atoms with Crippen LogP contribution in [-0.2, 0) is 13.3 Å². The largest absolute Gasteiger partial charge is 0.518 e. The van der Waals surface area contributed by atoms with Crippen molar-refractivity contribution >= 4 is 8.80 Å². The maximum absolute atomic E-state index is 9.27. The third kappa shape index (κ3) is 4.15. The van der Waals surface area contributed by atoms with Gasteiger partial charge in [-0.3, -0.25) is 5.32 Å². The highest BCUT2D eigenvalue weighted by Gasteiger charge is 2.48. The number of aliphatic hydroxyl groups is 2. The molecule has 0 aromatic rings. The first-order chi connectivity index (χ1) is 6.85. The van der Waals surface area contributed by atoms with E-state index in [1.165, 1.54) is 28.3 Å².